The highest BCUT2D eigenvalue weighted by atomic mass is 16.5. The Bertz CT molecular complexity index is 1000. The fourth-order valence-corrected chi connectivity index (χ4v) is 5.68. The third-order valence-corrected chi connectivity index (χ3v) is 7.86. The Labute approximate surface area is 197 Å². The van der Waals surface area contributed by atoms with Crippen LogP contribution in [0.25, 0.3) is 5.69 Å². The molecule has 1 aromatic heterocycles. The van der Waals surface area contributed by atoms with Gasteiger partial charge < -0.3 is 10.1 Å². The third-order valence-electron chi connectivity index (χ3n) is 7.86. The number of methoxy groups -OCH3 is 1. The molecule has 2 fully saturated rings. The Hall–Kier alpha value is -2.60. The lowest BCUT2D eigenvalue weighted by Crippen LogP contribution is -2.36. The molecule has 1 atom stereocenters. The maximum Gasteiger partial charge on any atom is 0.223 e. The molecule has 1 aliphatic heterocycles. The number of ether oxygens (including phenoxy) is 1. The van der Waals surface area contributed by atoms with Crippen LogP contribution in [0.4, 0.5) is 0 Å². The Morgan fingerprint density at radius 3 is 2.88 bits per heavy atom. The van der Waals surface area contributed by atoms with Crippen molar-refractivity contribution in [3.8, 4) is 11.4 Å². The molecule has 1 N–H and O–H groups in total. The van der Waals surface area contributed by atoms with E-state index in [9.17, 15) is 4.79 Å². The lowest BCUT2D eigenvalue weighted by atomic mass is 9.90. The summed E-state index contributed by atoms with van der Waals surface area (Å²) in [6.45, 7) is 3.81. The maximum absolute atomic E-state index is 12.7. The van der Waals surface area contributed by atoms with E-state index >= 15 is 0 Å². The molecule has 6 nitrogen and oxygen atoms in total. The zero-order valence-electron chi connectivity index (χ0n) is 19.8. The second kappa shape index (κ2) is 9.72. The summed E-state index contributed by atoms with van der Waals surface area (Å²) in [6, 6.07) is 7.94. The average molecular weight is 449 g/mol. The molecule has 1 saturated carbocycles. The number of allylic oxidation sites excluding steroid dienone is 1. The van der Waals surface area contributed by atoms with Crippen molar-refractivity contribution in [3.63, 3.8) is 0 Å². The number of hydrogen-bond acceptors (Lipinski definition) is 4. The van der Waals surface area contributed by atoms with Crippen LogP contribution in [-0.4, -0.2) is 47.3 Å². The van der Waals surface area contributed by atoms with E-state index in [4.69, 9.17) is 4.74 Å². The third kappa shape index (κ3) is 5.01. The summed E-state index contributed by atoms with van der Waals surface area (Å²) >= 11 is 0. The molecule has 1 unspecified atom stereocenters. The van der Waals surface area contributed by atoms with Crippen molar-refractivity contribution in [3.05, 3.63) is 53.9 Å². The van der Waals surface area contributed by atoms with Gasteiger partial charge in [-0.05, 0) is 82.0 Å². The first-order valence-corrected chi connectivity index (χ1v) is 12.5. The fraction of sp³-hybridized carbons (Fsp3) is 0.556. The molecular weight excluding hydrogens is 412 g/mol. The van der Waals surface area contributed by atoms with E-state index < -0.39 is 0 Å². The van der Waals surface area contributed by atoms with E-state index in [0.717, 1.165) is 63.3 Å². The lowest BCUT2D eigenvalue weighted by Gasteiger charge is -2.32. The summed E-state index contributed by atoms with van der Waals surface area (Å²) in [5.74, 6) is 1.34. The quantitative estimate of drug-likeness (QED) is 0.605. The van der Waals surface area contributed by atoms with Gasteiger partial charge in [-0.1, -0.05) is 23.8 Å². The summed E-state index contributed by atoms with van der Waals surface area (Å²) in [5, 5.41) is 7.78. The number of likely N-dealkylation sites (tertiary alicyclic amines) is 1. The van der Waals surface area contributed by atoms with Crippen molar-refractivity contribution < 1.29 is 9.53 Å². The first kappa shape index (κ1) is 22.2. The van der Waals surface area contributed by atoms with Crippen molar-refractivity contribution in [1.29, 1.82) is 0 Å². The molecule has 176 valence electrons. The second-order valence-electron chi connectivity index (χ2n) is 10.0. The van der Waals surface area contributed by atoms with Crippen LogP contribution in [0.3, 0.4) is 0 Å². The normalized spacial score (nSPS) is 22.1. The van der Waals surface area contributed by atoms with Crippen LogP contribution >= 0.6 is 0 Å². The molecule has 1 aromatic carbocycles. The number of nitrogens with zero attached hydrogens (tertiary/aromatic N) is 3. The van der Waals surface area contributed by atoms with Gasteiger partial charge in [0.25, 0.3) is 0 Å². The number of carbonyl (C=O) groups excluding carboxylic acids is 1. The summed E-state index contributed by atoms with van der Waals surface area (Å²) < 4.78 is 7.36. The van der Waals surface area contributed by atoms with Gasteiger partial charge >= 0.3 is 0 Å². The summed E-state index contributed by atoms with van der Waals surface area (Å²) in [5.41, 5.74) is 3.95. The lowest BCUT2D eigenvalue weighted by molar-refractivity contribution is -0.123. The number of rotatable bonds is 8. The second-order valence-corrected chi connectivity index (χ2v) is 10.0. The molecule has 6 heteroatoms. The van der Waals surface area contributed by atoms with E-state index in [1.54, 1.807) is 7.11 Å². The van der Waals surface area contributed by atoms with Gasteiger partial charge in [-0.3, -0.25) is 9.69 Å². The minimum atomic E-state index is 0.230. The molecule has 2 heterocycles. The largest absolute Gasteiger partial charge is 0.494 e. The fourth-order valence-electron chi connectivity index (χ4n) is 5.68. The Morgan fingerprint density at radius 2 is 2.09 bits per heavy atom. The summed E-state index contributed by atoms with van der Waals surface area (Å²) in [7, 11) is 1.69. The summed E-state index contributed by atoms with van der Waals surface area (Å²) in [4.78, 5) is 15.2. The number of carbonyl (C=O) groups is 1. The Balaban J connectivity index is 1.08. The van der Waals surface area contributed by atoms with Crippen LogP contribution in [0.15, 0.2) is 48.3 Å². The van der Waals surface area contributed by atoms with E-state index in [1.807, 2.05) is 35.1 Å². The SMILES string of the molecule is COc1ccccc1-n1cc(CN2CCC3(CC2)CC3C(=O)NCCC2=CCCCC2)cn1. The number of amides is 1. The van der Waals surface area contributed by atoms with Gasteiger partial charge in [0, 0.05) is 30.8 Å². The molecular formula is C27H36N4O2. The van der Waals surface area contributed by atoms with Crippen molar-refractivity contribution >= 4 is 5.91 Å². The molecule has 2 aromatic rings. The highest BCUT2D eigenvalue weighted by Crippen LogP contribution is 2.59. The van der Waals surface area contributed by atoms with Gasteiger partial charge in [0.15, 0.2) is 0 Å². The molecule has 1 saturated heterocycles. The maximum atomic E-state index is 12.7. The van der Waals surface area contributed by atoms with Crippen LogP contribution in [0.1, 0.15) is 56.9 Å². The van der Waals surface area contributed by atoms with Crippen LogP contribution in [0.5, 0.6) is 5.75 Å². The standard InChI is InChI=1S/C27H36N4O2/c1-33-25-10-6-5-9-24(25)31-20-22(18-29-31)19-30-15-12-27(13-16-30)17-23(27)26(32)28-14-11-21-7-3-2-4-8-21/h5-7,9-10,18,20,23H,2-4,8,11-17,19H2,1H3,(H,28,32). The molecule has 0 radical (unpaired) electrons. The minimum Gasteiger partial charge on any atom is -0.494 e. The molecule has 1 spiro atoms. The van der Waals surface area contributed by atoms with E-state index in [0.29, 0.717) is 0 Å². The van der Waals surface area contributed by atoms with E-state index in [2.05, 4.69) is 27.6 Å². The monoisotopic (exact) mass is 448 g/mol. The molecule has 2 aliphatic carbocycles. The topological polar surface area (TPSA) is 59.4 Å². The van der Waals surface area contributed by atoms with Gasteiger partial charge in [-0.15, -0.1) is 0 Å². The van der Waals surface area contributed by atoms with Gasteiger partial charge in [-0.25, -0.2) is 4.68 Å². The van der Waals surface area contributed by atoms with Crippen molar-refractivity contribution in [1.82, 2.24) is 20.0 Å². The predicted molar refractivity (Wildman–Crippen MR) is 129 cm³/mol. The first-order valence-electron chi connectivity index (χ1n) is 12.5. The smallest absolute Gasteiger partial charge is 0.223 e. The Morgan fingerprint density at radius 1 is 1.24 bits per heavy atom. The minimum absolute atomic E-state index is 0.230. The van der Waals surface area contributed by atoms with E-state index in [-0.39, 0.29) is 17.2 Å². The number of hydrogen-bond donors (Lipinski definition) is 1. The van der Waals surface area contributed by atoms with Gasteiger partial charge in [0.05, 0.1) is 13.3 Å². The highest BCUT2D eigenvalue weighted by molar-refractivity contribution is 5.82. The van der Waals surface area contributed by atoms with Crippen molar-refractivity contribution in [2.24, 2.45) is 11.3 Å². The zero-order chi connectivity index (χ0) is 22.7. The van der Waals surface area contributed by atoms with Crippen LogP contribution in [-0.2, 0) is 11.3 Å². The zero-order valence-corrected chi connectivity index (χ0v) is 19.8. The molecule has 3 aliphatic rings. The van der Waals surface area contributed by atoms with E-state index in [1.165, 1.54) is 36.8 Å². The van der Waals surface area contributed by atoms with Gasteiger partial charge in [0.1, 0.15) is 11.4 Å². The predicted octanol–water partition coefficient (Wildman–Crippen LogP) is 4.49. The van der Waals surface area contributed by atoms with Crippen LogP contribution in [0, 0.1) is 11.3 Å². The van der Waals surface area contributed by atoms with Crippen LogP contribution in [0.2, 0.25) is 0 Å². The van der Waals surface area contributed by atoms with Crippen molar-refractivity contribution in [2.75, 3.05) is 26.7 Å². The molecule has 1 amide bonds. The van der Waals surface area contributed by atoms with Crippen LogP contribution < -0.4 is 10.1 Å². The number of piperidine rings is 1. The number of para-hydroxylation sites is 2. The van der Waals surface area contributed by atoms with Gasteiger partial charge in [-0.2, -0.15) is 5.10 Å². The van der Waals surface area contributed by atoms with Crippen molar-refractivity contribution in [2.45, 2.75) is 57.9 Å². The number of benzene rings is 1. The number of nitrogens with one attached hydrogen (secondary N) is 1. The number of aromatic nitrogens is 2. The first-order chi connectivity index (χ1) is 16.2. The van der Waals surface area contributed by atoms with Gasteiger partial charge in [0.2, 0.25) is 5.91 Å². The molecule has 33 heavy (non-hydrogen) atoms. The highest BCUT2D eigenvalue weighted by Gasteiger charge is 2.58. The average Bonchev–Trinajstić information content (AvgIpc) is 3.36. The molecule has 5 rings (SSSR count). The summed E-state index contributed by atoms with van der Waals surface area (Å²) in [6.07, 6.45) is 15.8. The Kier molecular flexibility index (Phi) is 6.54. The molecule has 0 bridgehead atoms.